The van der Waals surface area contributed by atoms with Crippen molar-refractivity contribution in [1.29, 1.82) is 0 Å². The van der Waals surface area contributed by atoms with Gasteiger partial charge in [-0.15, -0.1) is 11.6 Å². The summed E-state index contributed by atoms with van der Waals surface area (Å²) in [6.45, 7) is 0. The van der Waals surface area contributed by atoms with Gasteiger partial charge in [0.25, 0.3) is 0 Å². The standard InChI is InChI=1S/C11H15ClO/c1-13-11-8-3-2-6-10(11)7-4-5-9-12/h2-3,6,8H,4-5,7,9H2,1H3. The largest absolute Gasteiger partial charge is 0.496 e. The van der Waals surface area contributed by atoms with Gasteiger partial charge in [-0.05, 0) is 30.9 Å². The lowest BCUT2D eigenvalue weighted by Gasteiger charge is -2.06. The monoisotopic (exact) mass is 198 g/mol. The van der Waals surface area contributed by atoms with Crippen LogP contribution in [0, 0.1) is 0 Å². The minimum absolute atomic E-state index is 0.745. The van der Waals surface area contributed by atoms with Crippen LogP contribution < -0.4 is 4.74 Å². The zero-order valence-corrected chi connectivity index (χ0v) is 8.68. The molecule has 1 aromatic carbocycles. The Balaban J connectivity index is 2.54. The summed E-state index contributed by atoms with van der Waals surface area (Å²) < 4.78 is 5.24. The fraction of sp³-hybridized carbons (Fsp3) is 0.455. The zero-order valence-electron chi connectivity index (χ0n) is 7.92. The quantitative estimate of drug-likeness (QED) is 0.521. The first-order valence-corrected chi connectivity index (χ1v) is 5.10. The van der Waals surface area contributed by atoms with Gasteiger partial charge in [0.2, 0.25) is 0 Å². The fourth-order valence-electron chi connectivity index (χ4n) is 1.32. The molecule has 0 amide bonds. The van der Waals surface area contributed by atoms with E-state index in [1.54, 1.807) is 7.11 Å². The van der Waals surface area contributed by atoms with Crippen LogP contribution in [-0.2, 0) is 6.42 Å². The number of hydrogen-bond acceptors (Lipinski definition) is 1. The molecule has 0 unspecified atom stereocenters. The van der Waals surface area contributed by atoms with Gasteiger partial charge >= 0.3 is 0 Å². The molecule has 0 radical (unpaired) electrons. The number of rotatable bonds is 5. The van der Waals surface area contributed by atoms with Crippen molar-refractivity contribution in [3.8, 4) is 5.75 Å². The number of ether oxygens (including phenoxy) is 1. The number of methoxy groups -OCH3 is 1. The number of hydrogen-bond donors (Lipinski definition) is 0. The third kappa shape index (κ3) is 3.27. The van der Waals surface area contributed by atoms with Crippen molar-refractivity contribution in [2.45, 2.75) is 19.3 Å². The van der Waals surface area contributed by atoms with Crippen molar-refractivity contribution >= 4 is 11.6 Å². The average Bonchev–Trinajstić information content (AvgIpc) is 2.19. The summed E-state index contributed by atoms with van der Waals surface area (Å²) in [5.74, 6) is 1.73. The van der Waals surface area contributed by atoms with Gasteiger partial charge in [0.05, 0.1) is 7.11 Å². The number of alkyl halides is 1. The highest BCUT2D eigenvalue weighted by Gasteiger charge is 1.99. The maximum atomic E-state index is 5.61. The van der Waals surface area contributed by atoms with E-state index in [1.807, 2.05) is 18.2 Å². The van der Waals surface area contributed by atoms with E-state index in [2.05, 4.69) is 6.07 Å². The topological polar surface area (TPSA) is 9.23 Å². The lowest BCUT2D eigenvalue weighted by atomic mass is 10.1. The molecule has 0 aliphatic heterocycles. The molecule has 0 aliphatic rings. The summed E-state index contributed by atoms with van der Waals surface area (Å²) in [4.78, 5) is 0. The van der Waals surface area contributed by atoms with Crippen LogP contribution in [0.15, 0.2) is 24.3 Å². The van der Waals surface area contributed by atoms with Gasteiger partial charge in [-0.1, -0.05) is 18.2 Å². The minimum atomic E-state index is 0.745. The van der Waals surface area contributed by atoms with E-state index in [0.717, 1.165) is 30.9 Å². The van der Waals surface area contributed by atoms with Gasteiger partial charge in [-0.3, -0.25) is 0 Å². The summed E-state index contributed by atoms with van der Waals surface area (Å²) in [5, 5.41) is 0. The van der Waals surface area contributed by atoms with Crippen molar-refractivity contribution in [2.75, 3.05) is 13.0 Å². The third-order valence-corrected chi connectivity index (χ3v) is 2.29. The van der Waals surface area contributed by atoms with Gasteiger partial charge in [0.1, 0.15) is 5.75 Å². The Morgan fingerprint density at radius 2 is 2.00 bits per heavy atom. The summed E-state index contributed by atoms with van der Waals surface area (Å²) in [6, 6.07) is 8.13. The molecule has 0 bridgehead atoms. The Hall–Kier alpha value is -0.690. The molecule has 1 nitrogen and oxygen atoms in total. The van der Waals surface area contributed by atoms with Gasteiger partial charge in [-0.2, -0.15) is 0 Å². The van der Waals surface area contributed by atoms with Crippen LogP contribution in [0.5, 0.6) is 5.75 Å². The second-order valence-electron chi connectivity index (χ2n) is 2.96. The first kappa shape index (κ1) is 10.4. The molecule has 0 aliphatic carbocycles. The van der Waals surface area contributed by atoms with Crippen LogP contribution in [0.4, 0.5) is 0 Å². The Labute approximate surface area is 84.7 Å². The molecule has 0 saturated heterocycles. The molecule has 13 heavy (non-hydrogen) atoms. The molecule has 0 heterocycles. The highest BCUT2D eigenvalue weighted by molar-refractivity contribution is 6.17. The normalized spacial score (nSPS) is 10.0. The molecular weight excluding hydrogens is 184 g/mol. The first-order valence-electron chi connectivity index (χ1n) is 4.56. The summed E-state index contributed by atoms with van der Waals surface area (Å²) in [7, 11) is 1.71. The summed E-state index contributed by atoms with van der Waals surface area (Å²) >= 11 is 5.61. The van der Waals surface area contributed by atoms with Crippen molar-refractivity contribution in [2.24, 2.45) is 0 Å². The smallest absolute Gasteiger partial charge is 0.122 e. The Bertz CT molecular complexity index is 248. The van der Waals surface area contributed by atoms with Gasteiger partial charge < -0.3 is 4.74 Å². The van der Waals surface area contributed by atoms with Crippen LogP contribution in [0.25, 0.3) is 0 Å². The second kappa shape index (κ2) is 5.87. The van der Waals surface area contributed by atoms with Gasteiger partial charge in [0.15, 0.2) is 0 Å². The van der Waals surface area contributed by atoms with Crippen LogP contribution in [-0.4, -0.2) is 13.0 Å². The average molecular weight is 199 g/mol. The second-order valence-corrected chi connectivity index (χ2v) is 3.34. The number of unbranched alkanes of at least 4 members (excludes halogenated alkanes) is 1. The van der Waals surface area contributed by atoms with Crippen molar-refractivity contribution in [3.63, 3.8) is 0 Å². The number of benzene rings is 1. The lowest BCUT2D eigenvalue weighted by molar-refractivity contribution is 0.409. The van der Waals surface area contributed by atoms with E-state index >= 15 is 0 Å². The molecule has 1 rings (SSSR count). The van der Waals surface area contributed by atoms with Gasteiger partial charge in [-0.25, -0.2) is 0 Å². The van der Waals surface area contributed by atoms with E-state index < -0.39 is 0 Å². The highest BCUT2D eigenvalue weighted by atomic mass is 35.5. The SMILES string of the molecule is COc1ccccc1CCCCCl. The predicted molar refractivity (Wildman–Crippen MR) is 56.7 cm³/mol. The zero-order chi connectivity index (χ0) is 9.52. The maximum Gasteiger partial charge on any atom is 0.122 e. The fourth-order valence-corrected chi connectivity index (χ4v) is 1.51. The van der Waals surface area contributed by atoms with E-state index in [0.29, 0.717) is 0 Å². The predicted octanol–water partition coefficient (Wildman–Crippen LogP) is 3.26. The Morgan fingerprint density at radius 1 is 1.23 bits per heavy atom. The van der Waals surface area contributed by atoms with Crippen molar-refractivity contribution in [3.05, 3.63) is 29.8 Å². The summed E-state index contributed by atoms with van der Waals surface area (Å²) in [6.07, 6.45) is 3.25. The van der Waals surface area contributed by atoms with Crippen LogP contribution >= 0.6 is 11.6 Å². The molecule has 0 N–H and O–H groups in total. The maximum absolute atomic E-state index is 5.61. The molecule has 1 aromatic rings. The molecule has 0 saturated carbocycles. The van der Waals surface area contributed by atoms with Crippen LogP contribution in [0.2, 0.25) is 0 Å². The Morgan fingerprint density at radius 3 is 2.69 bits per heavy atom. The summed E-state index contributed by atoms with van der Waals surface area (Å²) in [5.41, 5.74) is 1.27. The van der Waals surface area contributed by atoms with E-state index in [-0.39, 0.29) is 0 Å². The molecule has 0 fully saturated rings. The first-order chi connectivity index (χ1) is 6.38. The molecule has 0 aromatic heterocycles. The van der Waals surface area contributed by atoms with Crippen LogP contribution in [0.1, 0.15) is 18.4 Å². The molecule has 2 heteroatoms. The van der Waals surface area contributed by atoms with E-state index in [1.165, 1.54) is 5.56 Å². The van der Waals surface area contributed by atoms with Gasteiger partial charge in [0, 0.05) is 5.88 Å². The van der Waals surface area contributed by atoms with E-state index in [4.69, 9.17) is 16.3 Å². The molecule has 72 valence electrons. The third-order valence-electron chi connectivity index (χ3n) is 2.02. The Kier molecular flexibility index (Phi) is 4.69. The number of halogens is 1. The molecule has 0 spiro atoms. The number of aryl methyl sites for hydroxylation is 1. The number of para-hydroxylation sites is 1. The van der Waals surface area contributed by atoms with Crippen molar-refractivity contribution in [1.82, 2.24) is 0 Å². The molecule has 0 atom stereocenters. The minimum Gasteiger partial charge on any atom is -0.496 e. The highest BCUT2D eigenvalue weighted by Crippen LogP contribution is 2.19. The lowest BCUT2D eigenvalue weighted by Crippen LogP contribution is -1.92. The van der Waals surface area contributed by atoms with E-state index in [9.17, 15) is 0 Å². The van der Waals surface area contributed by atoms with Crippen LogP contribution in [0.3, 0.4) is 0 Å². The molecular formula is C11H15ClO. The van der Waals surface area contributed by atoms with Crippen molar-refractivity contribution < 1.29 is 4.74 Å².